The van der Waals surface area contributed by atoms with Gasteiger partial charge in [-0.1, -0.05) is 11.6 Å². The number of esters is 1. The van der Waals surface area contributed by atoms with E-state index in [1.54, 1.807) is 23.6 Å². The van der Waals surface area contributed by atoms with Crippen LogP contribution in [0.5, 0.6) is 5.75 Å². The van der Waals surface area contributed by atoms with E-state index in [1.807, 2.05) is 24.4 Å². The summed E-state index contributed by atoms with van der Waals surface area (Å²) in [6.45, 7) is 2.27. The molecular weight excluding hydrogens is 428 g/mol. The minimum atomic E-state index is -0.353. The average molecular weight is 447 g/mol. The highest BCUT2D eigenvalue weighted by atomic mass is 35.5. The monoisotopic (exact) mass is 446 g/mol. The van der Waals surface area contributed by atoms with E-state index in [9.17, 15) is 9.59 Å². The number of thiophene rings is 1. The van der Waals surface area contributed by atoms with Gasteiger partial charge in [0.25, 0.3) is 5.56 Å². The zero-order valence-corrected chi connectivity index (χ0v) is 18.0. The summed E-state index contributed by atoms with van der Waals surface area (Å²) in [5, 5.41) is 10.7. The van der Waals surface area contributed by atoms with Gasteiger partial charge in [-0.3, -0.25) is 18.6 Å². The molecule has 0 amide bonds. The first-order valence-electron chi connectivity index (χ1n) is 9.30. The molecule has 4 aromatic rings. The SMILES string of the molecule is Cc1cc(OCCCC(=O)OCc2nnc3n(C)c(=O)c4sccc4n23)ccc1Cl. The van der Waals surface area contributed by atoms with Crippen LogP contribution in [0, 0.1) is 6.92 Å². The Bertz CT molecular complexity index is 1290. The van der Waals surface area contributed by atoms with Crippen molar-refractivity contribution in [1.29, 1.82) is 0 Å². The summed E-state index contributed by atoms with van der Waals surface area (Å²) in [7, 11) is 1.64. The fraction of sp³-hybridized carbons (Fsp3) is 0.300. The maximum Gasteiger partial charge on any atom is 0.306 e. The maximum absolute atomic E-state index is 12.4. The number of carbonyl (C=O) groups is 1. The summed E-state index contributed by atoms with van der Waals surface area (Å²) in [4.78, 5) is 24.5. The summed E-state index contributed by atoms with van der Waals surface area (Å²) in [6, 6.07) is 7.26. The first-order chi connectivity index (χ1) is 14.5. The van der Waals surface area contributed by atoms with Gasteiger partial charge < -0.3 is 9.47 Å². The van der Waals surface area contributed by atoms with Crippen molar-refractivity contribution < 1.29 is 14.3 Å². The van der Waals surface area contributed by atoms with Crippen LogP contribution < -0.4 is 10.3 Å². The molecule has 0 atom stereocenters. The van der Waals surface area contributed by atoms with Crippen LogP contribution in [-0.4, -0.2) is 31.7 Å². The normalized spacial score (nSPS) is 11.3. The number of carbonyl (C=O) groups excluding carboxylic acids is 1. The lowest BCUT2D eigenvalue weighted by Crippen LogP contribution is -2.19. The molecule has 4 rings (SSSR count). The van der Waals surface area contributed by atoms with E-state index >= 15 is 0 Å². The maximum atomic E-state index is 12.4. The molecule has 0 aliphatic rings. The number of nitrogens with zero attached hydrogens (tertiary/aromatic N) is 4. The van der Waals surface area contributed by atoms with Gasteiger partial charge >= 0.3 is 5.97 Å². The van der Waals surface area contributed by atoms with Gasteiger partial charge in [0, 0.05) is 18.5 Å². The van der Waals surface area contributed by atoms with E-state index in [-0.39, 0.29) is 24.6 Å². The molecule has 0 bridgehead atoms. The van der Waals surface area contributed by atoms with Crippen molar-refractivity contribution in [2.24, 2.45) is 7.05 Å². The van der Waals surface area contributed by atoms with E-state index in [4.69, 9.17) is 21.1 Å². The molecule has 30 heavy (non-hydrogen) atoms. The number of hydrogen-bond donors (Lipinski definition) is 0. The second-order valence-electron chi connectivity index (χ2n) is 6.77. The third-order valence-corrected chi connectivity index (χ3v) is 6.00. The molecule has 0 aliphatic carbocycles. The van der Waals surface area contributed by atoms with Crippen LogP contribution in [-0.2, 0) is 23.2 Å². The molecule has 3 heterocycles. The van der Waals surface area contributed by atoms with Gasteiger partial charge in [0.05, 0.1) is 12.1 Å². The number of halogens is 1. The van der Waals surface area contributed by atoms with E-state index < -0.39 is 0 Å². The van der Waals surface area contributed by atoms with Gasteiger partial charge in [-0.05, 0) is 48.6 Å². The Morgan fingerprint density at radius 1 is 1.27 bits per heavy atom. The summed E-state index contributed by atoms with van der Waals surface area (Å²) < 4.78 is 14.8. The summed E-state index contributed by atoms with van der Waals surface area (Å²) in [6.07, 6.45) is 0.736. The average Bonchev–Trinajstić information content (AvgIpc) is 3.37. The molecule has 3 aromatic heterocycles. The molecule has 0 spiro atoms. The van der Waals surface area contributed by atoms with Crippen LogP contribution in [0.25, 0.3) is 16.0 Å². The number of fused-ring (bicyclic) bond motifs is 3. The Labute approximate surface area is 180 Å². The second-order valence-corrected chi connectivity index (χ2v) is 8.10. The largest absolute Gasteiger partial charge is 0.494 e. The summed E-state index contributed by atoms with van der Waals surface area (Å²) in [5.41, 5.74) is 1.52. The van der Waals surface area contributed by atoms with Crippen LogP contribution in [0.3, 0.4) is 0 Å². The van der Waals surface area contributed by atoms with Crippen LogP contribution in [0.2, 0.25) is 5.02 Å². The van der Waals surface area contributed by atoms with E-state index in [2.05, 4.69) is 10.2 Å². The Balaban J connectivity index is 1.34. The lowest BCUT2D eigenvalue weighted by Gasteiger charge is -2.08. The number of hydrogen-bond acceptors (Lipinski definition) is 7. The quantitative estimate of drug-likeness (QED) is 0.319. The number of benzene rings is 1. The first kappa shape index (κ1) is 20.4. The van der Waals surface area contributed by atoms with Crippen LogP contribution in [0.1, 0.15) is 24.2 Å². The minimum absolute atomic E-state index is 0.0274. The van der Waals surface area contributed by atoms with Gasteiger partial charge in [-0.15, -0.1) is 21.5 Å². The van der Waals surface area contributed by atoms with E-state index in [1.165, 1.54) is 15.9 Å². The first-order valence-corrected chi connectivity index (χ1v) is 10.6. The molecule has 0 aliphatic heterocycles. The molecule has 8 nitrogen and oxygen atoms in total. The summed E-state index contributed by atoms with van der Waals surface area (Å²) >= 11 is 7.35. The van der Waals surface area contributed by atoms with E-state index in [0.29, 0.717) is 45.6 Å². The Morgan fingerprint density at radius 3 is 2.90 bits per heavy atom. The molecule has 0 saturated heterocycles. The Kier molecular flexibility index (Phi) is 5.74. The van der Waals surface area contributed by atoms with Crippen molar-refractivity contribution in [3.05, 3.63) is 56.4 Å². The van der Waals surface area contributed by atoms with Crippen molar-refractivity contribution in [2.75, 3.05) is 6.61 Å². The van der Waals surface area contributed by atoms with E-state index in [0.717, 1.165) is 5.56 Å². The number of rotatable bonds is 7. The number of aromatic nitrogens is 4. The number of aryl methyl sites for hydroxylation is 2. The minimum Gasteiger partial charge on any atom is -0.494 e. The number of ether oxygens (including phenoxy) is 2. The van der Waals surface area contributed by atoms with Crippen molar-refractivity contribution in [2.45, 2.75) is 26.4 Å². The van der Waals surface area contributed by atoms with Crippen LogP contribution in [0.4, 0.5) is 0 Å². The zero-order chi connectivity index (χ0) is 21.3. The highest BCUT2D eigenvalue weighted by Gasteiger charge is 2.16. The van der Waals surface area contributed by atoms with Gasteiger partial charge in [-0.25, -0.2) is 0 Å². The Morgan fingerprint density at radius 2 is 2.10 bits per heavy atom. The standard InChI is InChI=1S/C20H19ClN4O4S/c1-12-10-13(5-6-14(12)21)28-8-3-4-17(26)29-11-16-22-23-20-24(2)19(27)18-15(25(16)20)7-9-30-18/h5-7,9-10H,3-4,8,11H2,1-2H3. The zero-order valence-electron chi connectivity index (χ0n) is 16.4. The molecule has 10 heteroatoms. The van der Waals surface area contributed by atoms with Crippen molar-refractivity contribution in [3.8, 4) is 5.75 Å². The molecular formula is C20H19ClN4O4S. The molecule has 0 radical (unpaired) electrons. The summed E-state index contributed by atoms with van der Waals surface area (Å²) in [5.74, 6) is 1.23. The Hall–Kier alpha value is -2.91. The van der Waals surface area contributed by atoms with Crippen molar-refractivity contribution in [3.63, 3.8) is 0 Å². The molecule has 0 saturated carbocycles. The lowest BCUT2D eigenvalue weighted by atomic mass is 10.2. The predicted octanol–water partition coefficient (Wildman–Crippen LogP) is 3.51. The molecule has 0 N–H and O–H groups in total. The topological polar surface area (TPSA) is 87.7 Å². The highest BCUT2D eigenvalue weighted by Crippen LogP contribution is 2.21. The van der Waals surface area contributed by atoms with Gasteiger partial charge in [0.2, 0.25) is 5.78 Å². The van der Waals surface area contributed by atoms with Gasteiger partial charge in [0.15, 0.2) is 12.4 Å². The fourth-order valence-corrected chi connectivity index (χ4v) is 4.05. The van der Waals surface area contributed by atoms with Crippen molar-refractivity contribution in [1.82, 2.24) is 19.2 Å². The second kappa shape index (κ2) is 8.45. The lowest BCUT2D eigenvalue weighted by molar-refractivity contribution is -0.145. The van der Waals surface area contributed by atoms with Gasteiger partial charge in [-0.2, -0.15) is 0 Å². The van der Waals surface area contributed by atoms with Crippen LogP contribution >= 0.6 is 22.9 Å². The molecule has 0 fully saturated rings. The molecule has 1 aromatic carbocycles. The van der Waals surface area contributed by atoms with Crippen LogP contribution in [0.15, 0.2) is 34.4 Å². The third-order valence-electron chi connectivity index (χ3n) is 4.68. The van der Waals surface area contributed by atoms with Gasteiger partial charge in [0.1, 0.15) is 10.4 Å². The fourth-order valence-electron chi connectivity index (χ4n) is 3.08. The highest BCUT2D eigenvalue weighted by molar-refractivity contribution is 7.17. The smallest absolute Gasteiger partial charge is 0.306 e. The molecule has 156 valence electrons. The predicted molar refractivity (Wildman–Crippen MR) is 114 cm³/mol. The van der Waals surface area contributed by atoms with Crippen molar-refractivity contribution >= 4 is 44.9 Å². The third kappa shape index (κ3) is 3.90. The molecule has 0 unspecified atom stereocenters.